The van der Waals surface area contributed by atoms with Gasteiger partial charge in [-0.2, -0.15) is 17.0 Å². The average molecular weight is 288 g/mol. The first-order valence-corrected chi connectivity index (χ1v) is 7.68. The molecule has 1 aromatic heterocycles. The molecule has 0 aromatic carbocycles. The summed E-state index contributed by atoms with van der Waals surface area (Å²) < 4.78 is 38.4. The van der Waals surface area contributed by atoms with Crippen molar-refractivity contribution in [2.75, 3.05) is 20.1 Å². The minimum atomic E-state index is -3.48. The standard InChI is InChI=1S/C12H20N2O4S/c1-10-7-14(8-11(2)18-10)19(15,16)13(3)9-12-5-4-6-17-12/h4-6,10-11H,7-9H2,1-3H3/t10-,11+. The van der Waals surface area contributed by atoms with Gasteiger partial charge in [-0.25, -0.2) is 0 Å². The third kappa shape index (κ3) is 3.36. The lowest BCUT2D eigenvalue weighted by Crippen LogP contribution is -2.52. The molecule has 0 saturated carbocycles. The first-order valence-electron chi connectivity index (χ1n) is 6.29. The Morgan fingerprint density at radius 2 is 2.00 bits per heavy atom. The van der Waals surface area contributed by atoms with E-state index in [1.54, 1.807) is 19.2 Å². The summed E-state index contributed by atoms with van der Waals surface area (Å²) in [6.45, 7) is 4.76. The van der Waals surface area contributed by atoms with E-state index in [0.717, 1.165) is 0 Å². The van der Waals surface area contributed by atoms with Gasteiger partial charge < -0.3 is 9.15 Å². The fraction of sp³-hybridized carbons (Fsp3) is 0.667. The summed E-state index contributed by atoms with van der Waals surface area (Å²) in [7, 11) is -1.92. The van der Waals surface area contributed by atoms with Crippen LogP contribution in [0.5, 0.6) is 0 Å². The Labute approximate surface area is 114 Å². The largest absolute Gasteiger partial charge is 0.468 e. The smallest absolute Gasteiger partial charge is 0.282 e. The molecule has 0 aliphatic carbocycles. The van der Waals surface area contributed by atoms with Crippen LogP contribution in [-0.4, -0.2) is 49.4 Å². The lowest BCUT2D eigenvalue weighted by atomic mass is 10.3. The van der Waals surface area contributed by atoms with Gasteiger partial charge in [-0.15, -0.1) is 0 Å². The van der Waals surface area contributed by atoms with Gasteiger partial charge in [0.2, 0.25) is 0 Å². The molecule has 0 spiro atoms. The zero-order valence-electron chi connectivity index (χ0n) is 11.4. The third-order valence-electron chi connectivity index (χ3n) is 3.06. The fourth-order valence-electron chi connectivity index (χ4n) is 2.22. The molecule has 19 heavy (non-hydrogen) atoms. The molecule has 6 nitrogen and oxygen atoms in total. The normalized spacial score (nSPS) is 25.9. The maximum atomic E-state index is 12.5. The zero-order valence-corrected chi connectivity index (χ0v) is 12.3. The molecule has 1 aliphatic rings. The van der Waals surface area contributed by atoms with Crippen molar-refractivity contribution in [3.05, 3.63) is 24.2 Å². The van der Waals surface area contributed by atoms with Crippen LogP contribution in [0, 0.1) is 0 Å². The maximum absolute atomic E-state index is 12.5. The highest BCUT2D eigenvalue weighted by Gasteiger charge is 2.33. The van der Waals surface area contributed by atoms with Gasteiger partial charge in [0.05, 0.1) is 25.0 Å². The number of nitrogens with zero attached hydrogens (tertiary/aromatic N) is 2. The Morgan fingerprint density at radius 3 is 2.53 bits per heavy atom. The molecule has 1 fully saturated rings. The molecule has 0 amide bonds. The number of hydrogen-bond acceptors (Lipinski definition) is 4. The van der Waals surface area contributed by atoms with Crippen molar-refractivity contribution in [3.8, 4) is 0 Å². The molecule has 0 N–H and O–H groups in total. The van der Waals surface area contributed by atoms with Crippen LogP contribution in [0.4, 0.5) is 0 Å². The van der Waals surface area contributed by atoms with Crippen molar-refractivity contribution in [1.82, 2.24) is 8.61 Å². The van der Waals surface area contributed by atoms with E-state index < -0.39 is 10.2 Å². The number of furan rings is 1. The second-order valence-electron chi connectivity index (χ2n) is 4.92. The summed E-state index contributed by atoms with van der Waals surface area (Å²) in [6.07, 6.45) is 1.36. The summed E-state index contributed by atoms with van der Waals surface area (Å²) in [5.74, 6) is 0.625. The first kappa shape index (κ1) is 14.5. The number of hydrogen-bond donors (Lipinski definition) is 0. The summed E-state index contributed by atoms with van der Waals surface area (Å²) in [5.41, 5.74) is 0. The van der Waals surface area contributed by atoms with Crippen LogP contribution >= 0.6 is 0 Å². The van der Waals surface area contributed by atoms with Crippen molar-refractivity contribution in [2.45, 2.75) is 32.6 Å². The molecule has 7 heteroatoms. The van der Waals surface area contributed by atoms with Crippen LogP contribution in [0.3, 0.4) is 0 Å². The predicted octanol–water partition coefficient (Wildman–Crippen LogP) is 1.07. The van der Waals surface area contributed by atoms with Gasteiger partial charge in [0.1, 0.15) is 5.76 Å². The van der Waals surface area contributed by atoms with Crippen LogP contribution < -0.4 is 0 Å². The Kier molecular flexibility index (Phi) is 4.29. The third-order valence-corrected chi connectivity index (χ3v) is 4.93. The topological polar surface area (TPSA) is 63.0 Å². The van der Waals surface area contributed by atoms with Crippen molar-refractivity contribution in [2.24, 2.45) is 0 Å². The highest BCUT2D eigenvalue weighted by atomic mass is 32.2. The number of ether oxygens (including phenoxy) is 1. The Balaban J connectivity index is 2.08. The van der Waals surface area contributed by atoms with Gasteiger partial charge in [-0.05, 0) is 26.0 Å². The Morgan fingerprint density at radius 1 is 1.37 bits per heavy atom. The SMILES string of the molecule is C[C@@H]1CN(S(=O)(=O)N(C)Cc2ccco2)C[C@H](C)O1. The predicted molar refractivity (Wildman–Crippen MR) is 70.7 cm³/mol. The van der Waals surface area contributed by atoms with Gasteiger partial charge in [0.15, 0.2) is 0 Å². The van der Waals surface area contributed by atoms with Crippen LogP contribution in [0.1, 0.15) is 19.6 Å². The molecular formula is C12H20N2O4S. The van der Waals surface area contributed by atoms with E-state index in [9.17, 15) is 8.42 Å². The lowest BCUT2D eigenvalue weighted by Gasteiger charge is -2.36. The Hall–Kier alpha value is -0.890. The first-order chi connectivity index (χ1) is 8.89. The average Bonchev–Trinajstić information content (AvgIpc) is 2.80. The molecule has 0 radical (unpaired) electrons. The molecule has 108 valence electrons. The maximum Gasteiger partial charge on any atom is 0.282 e. The molecule has 2 rings (SSSR count). The van der Waals surface area contributed by atoms with Gasteiger partial charge in [0.25, 0.3) is 10.2 Å². The second-order valence-corrected chi connectivity index (χ2v) is 6.95. The van der Waals surface area contributed by atoms with Crippen LogP contribution in [0.15, 0.2) is 22.8 Å². The summed E-state index contributed by atoms with van der Waals surface area (Å²) in [6, 6.07) is 3.51. The molecule has 2 atom stereocenters. The monoisotopic (exact) mass is 288 g/mol. The lowest BCUT2D eigenvalue weighted by molar-refractivity contribution is -0.0453. The van der Waals surface area contributed by atoms with Crippen molar-refractivity contribution < 1.29 is 17.6 Å². The summed E-state index contributed by atoms with van der Waals surface area (Å²) in [5, 5.41) is 0. The molecule has 0 bridgehead atoms. The van der Waals surface area contributed by atoms with Crippen molar-refractivity contribution >= 4 is 10.2 Å². The molecule has 0 unspecified atom stereocenters. The molecule has 1 saturated heterocycles. The summed E-state index contributed by atoms with van der Waals surface area (Å²) >= 11 is 0. The molecular weight excluding hydrogens is 268 g/mol. The minimum absolute atomic E-state index is 0.0875. The van der Waals surface area contributed by atoms with E-state index in [1.165, 1.54) is 14.9 Å². The van der Waals surface area contributed by atoms with Gasteiger partial charge in [-0.3, -0.25) is 0 Å². The van der Waals surface area contributed by atoms with Crippen LogP contribution in [-0.2, 0) is 21.5 Å². The van der Waals surface area contributed by atoms with Gasteiger partial charge >= 0.3 is 0 Å². The number of rotatable bonds is 4. The van der Waals surface area contributed by atoms with E-state index >= 15 is 0 Å². The fourth-order valence-corrected chi connectivity index (χ4v) is 3.70. The van der Waals surface area contributed by atoms with E-state index in [2.05, 4.69) is 0 Å². The Bertz CT molecular complexity index is 490. The highest BCUT2D eigenvalue weighted by molar-refractivity contribution is 7.86. The quantitative estimate of drug-likeness (QED) is 0.831. The second kappa shape index (κ2) is 5.62. The zero-order chi connectivity index (χ0) is 14.0. The van der Waals surface area contributed by atoms with Gasteiger partial charge in [-0.1, -0.05) is 0 Å². The summed E-state index contributed by atoms with van der Waals surface area (Å²) in [4.78, 5) is 0. The number of morpholine rings is 1. The molecule has 1 aliphatic heterocycles. The van der Waals surface area contributed by atoms with Gasteiger partial charge in [0, 0.05) is 20.1 Å². The van der Waals surface area contributed by atoms with E-state index in [-0.39, 0.29) is 18.8 Å². The highest BCUT2D eigenvalue weighted by Crippen LogP contribution is 2.18. The van der Waals surface area contributed by atoms with E-state index in [4.69, 9.17) is 9.15 Å². The van der Waals surface area contributed by atoms with Crippen LogP contribution in [0.2, 0.25) is 0 Å². The van der Waals surface area contributed by atoms with E-state index in [1.807, 2.05) is 13.8 Å². The molecule has 2 heterocycles. The van der Waals surface area contributed by atoms with Crippen molar-refractivity contribution in [1.29, 1.82) is 0 Å². The molecule has 1 aromatic rings. The van der Waals surface area contributed by atoms with Crippen LogP contribution in [0.25, 0.3) is 0 Å². The van der Waals surface area contributed by atoms with E-state index in [0.29, 0.717) is 18.8 Å². The minimum Gasteiger partial charge on any atom is -0.468 e. The van der Waals surface area contributed by atoms with Crippen molar-refractivity contribution in [3.63, 3.8) is 0 Å².